The van der Waals surface area contributed by atoms with Crippen molar-refractivity contribution < 1.29 is 9.59 Å². The van der Waals surface area contributed by atoms with Crippen LogP contribution in [0.1, 0.15) is 18.1 Å². The lowest BCUT2D eigenvalue weighted by Crippen LogP contribution is -2.27. The number of nitrogens with zero attached hydrogens (tertiary/aromatic N) is 1. The lowest BCUT2D eigenvalue weighted by Gasteiger charge is -2.17. The molecule has 120 valence electrons. The van der Waals surface area contributed by atoms with Crippen molar-refractivity contribution in [1.82, 2.24) is 4.90 Å². The van der Waals surface area contributed by atoms with Gasteiger partial charge in [-0.3, -0.25) is 9.59 Å². The summed E-state index contributed by atoms with van der Waals surface area (Å²) in [5, 5.41) is 3.36. The standard InChI is InChI=1S/C18H19ClN2O2/c1-13(22)20-17-8-6-14(7-9-17)11-18(23)21(2)12-15-4-3-5-16(19)10-15/h3-10H,11-12H2,1-2H3,(H,20,22). The summed E-state index contributed by atoms with van der Waals surface area (Å²) in [5.41, 5.74) is 2.62. The van der Waals surface area contributed by atoms with E-state index >= 15 is 0 Å². The highest BCUT2D eigenvalue weighted by atomic mass is 35.5. The molecule has 0 bridgehead atoms. The molecule has 1 N–H and O–H groups in total. The van der Waals surface area contributed by atoms with Crippen LogP contribution in [0, 0.1) is 0 Å². The largest absolute Gasteiger partial charge is 0.341 e. The summed E-state index contributed by atoms with van der Waals surface area (Å²) >= 11 is 5.96. The number of likely N-dealkylation sites (N-methyl/N-ethyl adjacent to an activating group) is 1. The predicted molar refractivity (Wildman–Crippen MR) is 92.4 cm³/mol. The number of hydrogen-bond donors (Lipinski definition) is 1. The van der Waals surface area contributed by atoms with Crippen molar-refractivity contribution in [2.75, 3.05) is 12.4 Å². The maximum absolute atomic E-state index is 12.3. The highest BCUT2D eigenvalue weighted by Crippen LogP contribution is 2.14. The molecular formula is C18H19ClN2O2. The first-order chi connectivity index (χ1) is 10.9. The Kier molecular flexibility index (Phi) is 5.77. The zero-order valence-corrected chi connectivity index (χ0v) is 13.9. The Hall–Kier alpha value is -2.33. The van der Waals surface area contributed by atoms with Gasteiger partial charge >= 0.3 is 0 Å². The molecule has 5 heteroatoms. The maximum atomic E-state index is 12.3. The minimum atomic E-state index is -0.116. The van der Waals surface area contributed by atoms with E-state index in [4.69, 9.17) is 11.6 Å². The van der Waals surface area contributed by atoms with Crippen LogP contribution >= 0.6 is 11.6 Å². The fraction of sp³-hybridized carbons (Fsp3) is 0.222. The van der Waals surface area contributed by atoms with E-state index in [2.05, 4.69) is 5.32 Å². The van der Waals surface area contributed by atoms with Crippen LogP contribution in [0.2, 0.25) is 5.02 Å². The molecule has 0 saturated heterocycles. The minimum absolute atomic E-state index is 0.0252. The second-order valence-electron chi connectivity index (χ2n) is 5.43. The van der Waals surface area contributed by atoms with Gasteiger partial charge in [0.2, 0.25) is 11.8 Å². The van der Waals surface area contributed by atoms with E-state index in [9.17, 15) is 9.59 Å². The SMILES string of the molecule is CC(=O)Nc1ccc(CC(=O)N(C)Cc2cccc(Cl)c2)cc1. The number of anilines is 1. The minimum Gasteiger partial charge on any atom is -0.341 e. The van der Waals surface area contributed by atoms with Gasteiger partial charge in [0.15, 0.2) is 0 Å². The third-order valence-electron chi connectivity index (χ3n) is 3.36. The van der Waals surface area contributed by atoms with Gasteiger partial charge in [-0.1, -0.05) is 35.9 Å². The summed E-state index contributed by atoms with van der Waals surface area (Å²) in [6.45, 7) is 1.98. The van der Waals surface area contributed by atoms with Crippen molar-refractivity contribution >= 4 is 29.1 Å². The number of carbonyl (C=O) groups excluding carboxylic acids is 2. The lowest BCUT2D eigenvalue weighted by molar-refractivity contribution is -0.129. The van der Waals surface area contributed by atoms with E-state index in [1.807, 2.05) is 36.4 Å². The van der Waals surface area contributed by atoms with Gasteiger partial charge in [-0.2, -0.15) is 0 Å². The van der Waals surface area contributed by atoms with Crippen molar-refractivity contribution in [1.29, 1.82) is 0 Å². The first-order valence-electron chi connectivity index (χ1n) is 7.29. The molecule has 2 aromatic rings. The molecule has 0 fully saturated rings. The van der Waals surface area contributed by atoms with Crippen LogP contribution in [-0.4, -0.2) is 23.8 Å². The lowest BCUT2D eigenvalue weighted by atomic mass is 10.1. The van der Waals surface area contributed by atoms with Gasteiger partial charge in [0.05, 0.1) is 6.42 Å². The topological polar surface area (TPSA) is 49.4 Å². The summed E-state index contributed by atoms with van der Waals surface area (Å²) in [4.78, 5) is 24.9. The monoisotopic (exact) mass is 330 g/mol. The molecule has 0 spiro atoms. The van der Waals surface area contributed by atoms with E-state index in [1.165, 1.54) is 6.92 Å². The molecule has 23 heavy (non-hydrogen) atoms. The normalized spacial score (nSPS) is 10.2. The van der Waals surface area contributed by atoms with Crippen molar-refractivity contribution in [3.63, 3.8) is 0 Å². The van der Waals surface area contributed by atoms with Crippen LogP contribution < -0.4 is 5.32 Å². The van der Waals surface area contributed by atoms with Crippen LogP contribution in [-0.2, 0) is 22.6 Å². The number of rotatable bonds is 5. The van der Waals surface area contributed by atoms with E-state index in [0.29, 0.717) is 18.0 Å². The number of hydrogen-bond acceptors (Lipinski definition) is 2. The van der Waals surface area contributed by atoms with Crippen molar-refractivity contribution in [3.05, 3.63) is 64.7 Å². The van der Waals surface area contributed by atoms with Gasteiger partial charge in [-0.15, -0.1) is 0 Å². The Bertz CT molecular complexity index is 698. The molecule has 0 aromatic heterocycles. The number of carbonyl (C=O) groups is 2. The van der Waals surface area contributed by atoms with E-state index in [1.54, 1.807) is 24.1 Å². The Balaban J connectivity index is 1.94. The van der Waals surface area contributed by atoms with E-state index in [0.717, 1.165) is 16.8 Å². The van der Waals surface area contributed by atoms with Crippen molar-refractivity contribution in [2.24, 2.45) is 0 Å². The molecule has 2 amide bonds. The molecule has 0 aliphatic rings. The van der Waals surface area contributed by atoms with Gasteiger partial charge in [-0.25, -0.2) is 0 Å². The average Bonchev–Trinajstić information content (AvgIpc) is 2.48. The zero-order chi connectivity index (χ0) is 16.8. The van der Waals surface area contributed by atoms with Gasteiger partial charge in [0.1, 0.15) is 0 Å². The van der Waals surface area contributed by atoms with Crippen LogP contribution in [0.25, 0.3) is 0 Å². The first kappa shape index (κ1) is 17.0. The molecule has 2 aromatic carbocycles. The smallest absolute Gasteiger partial charge is 0.227 e. The summed E-state index contributed by atoms with van der Waals surface area (Å²) in [7, 11) is 1.77. The van der Waals surface area contributed by atoms with Crippen LogP contribution in [0.5, 0.6) is 0 Å². The molecule has 0 aliphatic carbocycles. The Morgan fingerprint density at radius 1 is 1.09 bits per heavy atom. The summed E-state index contributed by atoms with van der Waals surface area (Å²) in [6, 6.07) is 14.8. The first-order valence-corrected chi connectivity index (χ1v) is 7.67. The van der Waals surface area contributed by atoms with Gasteiger partial charge in [0.25, 0.3) is 0 Å². The molecule has 0 atom stereocenters. The van der Waals surface area contributed by atoms with Gasteiger partial charge in [-0.05, 0) is 35.4 Å². The van der Waals surface area contributed by atoms with Crippen LogP contribution in [0.15, 0.2) is 48.5 Å². The van der Waals surface area contributed by atoms with Gasteiger partial charge < -0.3 is 10.2 Å². The number of nitrogens with one attached hydrogen (secondary N) is 1. The molecule has 0 saturated carbocycles. The Labute approximate surface area is 141 Å². The highest BCUT2D eigenvalue weighted by Gasteiger charge is 2.10. The fourth-order valence-corrected chi connectivity index (χ4v) is 2.43. The van der Waals surface area contributed by atoms with Crippen LogP contribution in [0.4, 0.5) is 5.69 Å². The van der Waals surface area contributed by atoms with E-state index in [-0.39, 0.29) is 11.8 Å². The van der Waals surface area contributed by atoms with Crippen molar-refractivity contribution in [2.45, 2.75) is 19.9 Å². The molecule has 4 nitrogen and oxygen atoms in total. The van der Waals surface area contributed by atoms with Gasteiger partial charge in [0, 0.05) is 31.2 Å². The third kappa shape index (κ3) is 5.42. The molecule has 2 rings (SSSR count). The third-order valence-corrected chi connectivity index (χ3v) is 3.60. The second-order valence-corrected chi connectivity index (χ2v) is 5.87. The second kappa shape index (κ2) is 7.79. The molecule has 0 aliphatic heterocycles. The number of benzene rings is 2. The zero-order valence-electron chi connectivity index (χ0n) is 13.2. The van der Waals surface area contributed by atoms with E-state index < -0.39 is 0 Å². The maximum Gasteiger partial charge on any atom is 0.227 e. The Morgan fingerprint density at radius 2 is 1.78 bits per heavy atom. The Morgan fingerprint density at radius 3 is 2.39 bits per heavy atom. The van der Waals surface area contributed by atoms with Crippen molar-refractivity contribution in [3.8, 4) is 0 Å². The molecule has 0 radical (unpaired) electrons. The summed E-state index contributed by atoms with van der Waals surface area (Å²) in [5.74, 6) is -0.0904. The summed E-state index contributed by atoms with van der Waals surface area (Å²) < 4.78 is 0. The highest BCUT2D eigenvalue weighted by molar-refractivity contribution is 6.30. The molecular weight excluding hydrogens is 312 g/mol. The molecule has 0 heterocycles. The summed E-state index contributed by atoms with van der Waals surface area (Å²) in [6.07, 6.45) is 0.317. The average molecular weight is 331 g/mol. The van der Waals surface area contributed by atoms with Crippen LogP contribution in [0.3, 0.4) is 0 Å². The quantitative estimate of drug-likeness (QED) is 0.912. The number of amides is 2. The number of halogens is 1. The molecule has 0 unspecified atom stereocenters. The fourth-order valence-electron chi connectivity index (χ4n) is 2.22. The predicted octanol–water partition coefficient (Wildman–Crippen LogP) is 3.50.